The van der Waals surface area contributed by atoms with Crippen LogP contribution in [0.25, 0.3) is 0 Å². The molecule has 0 amide bonds. The van der Waals surface area contributed by atoms with E-state index in [4.69, 9.17) is 0 Å². The number of piperazine rings is 1. The molecule has 21 heavy (non-hydrogen) atoms. The zero-order chi connectivity index (χ0) is 15.0. The fraction of sp³-hybridized carbons (Fsp3) is 0.462. The van der Waals surface area contributed by atoms with Crippen molar-refractivity contribution >= 4 is 21.4 Å². The maximum atomic E-state index is 12.6. The number of thiophene rings is 1. The average molecular weight is 326 g/mol. The van der Waals surface area contributed by atoms with E-state index in [2.05, 4.69) is 9.88 Å². The molecule has 6 nitrogen and oxygen atoms in total. The van der Waals surface area contributed by atoms with Crippen molar-refractivity contribution in [2.45, 2.75) is 10.3 Å². The lowest BCUT2D eigenvalue weighted by atomic mass is 10.2. The van der Waals surface area contributed by atoms with Gasteiger partial charge in [0.25, 0.3) is 10.0 Å². The average Bonchev–Trinajstić information content (AvgIpc) is 3.10. The van der Waals surface area contributed by atoms with Gasteiger partial charge in [0.05, 0.1) is 6.04 Å². The first-order valence-corrected chi connectivity index (χ1v) is 9.03. The van der Waals surface area contributed by atoms with Crippen LogP contribution >= 0.6 is 11.3 Å². The van der Waals surface area contributed by atoms with Gasteiger partial charge in [0, 0.05) is 39.1 Å². The smallest absolute Gasteiger partial charge is 0.252 e. The Balaban J connectivity index is 1.88. The van der Waals surface area contributed by atoms with Crippen LogP contribution in [0.5, 0.6) is 0 Å². The highest BCUT2D eigenvalue weighted by Gasteiger charge is 2.35. The number of hydrogen-bond donors (Lipinski definition) is 0. The van der Waals surface area contributed by atoms with Gasteiger partial charge in [0.15, 0.2) is 0 Å². The van der Waals surface area contributed by atoms with Crippen molar-refractivity contribution in [3.63, 3.8) is 0 Å². The van der Waals surface area contributed by atoms with E-state index < -0.39 is 10.0 Å². The summed E-state index contributed by atoms with van der Waals surface area (Å²) in [5.74, 6) is 0.892. The molecule has 0 N–H and O–H groups in total. The van der Waals surface area contributed by atoms with E-state index in [0.29, 0.717) is 23.8 Å². The Kier molecular flexibility index (Phi) is 3.87. The summed E-state index contributed by atoms with van der Waals surface area (Å²) in [6, 6.07) is 3.41. The molecule has 0 saturated carbocycles. The van der Waals surface area contributed by atoms with Crippen LogP contribution in [0.2, 0.25) is 0 Å². The highest BCUT2D eigenvalue weighted by atomic mass is 32.2. The molecule has 1 aliphatic heterocycles. The summed E-state index contributed by atoms with van der Waals surface area (Å²) in [4.78, 5) is 6.53. The maximum absolute atomic E-state index is 12.6. The van der Waals surface area contributed by atoms with Crippen LogP contribution in [0.3, 0.4) is 0 Å². The highest BCUT2D eigenvalue weighted by Crippen LogP contribution is 2.28. The molecule has 1 aliphatic rings. The summed E-state index contributed by atoms with van der Waals surface area (Å²) >= 11 is 1.26. The van der Waals surface area contributed by atoms with Gasteiger partial charge in [-0.2, -0.15) is 4.31 Å². The summed E-state index contributed by atoms with van der Waals surface area (Å²) < 4.78 is 29.2. The summed E-state index contributed by atoms with van der Waals surface area (Å²) in [5.41, 5.74) is 0. The third kappa shape index (κ3) is 2.64. The molecule has 114 valence electrons. The van der Waals surface area contributed by atoms with E-state index in [1.165, 1.54) is 11.3 Å². The van der Waals surface area contributed by atoms with Crippen LogP contribution in [-0.4, -0.2) is 53.9 Å². The minimum absolute atomic E-state index is 0.0199. The molecule has 3 rings (SSSR count). The van der Waals surface area contributed by atoms with E-state index in [-0.39, 0.29) is 6.04 Å². The third-order valence-electron chi connectivity index (χ3n) is 3.86. The van der Waals surface area contributed by atoms with Gasteiger partial charge in [-0.3, -0.25) is 4.90 Å². The van der Waals surface area contributed by atoms with Gasteiger partial charge < -0.3 is 4.57 Å². The predicted octanol–water partition coefficient (Wildman–Crippen LogP) is 1.16. The van der Waals surface area contributed by atoms with Crippen LogP contribution < -0.4 is 0 Å². The molecule has 8 heteroatoms. The molecule has 0 unspecified atom stereocenters. The highest BCUT2D eigenvalue weighted by molar-refractivity contribution is 7.91. The number of nitrogens with zero attached hydrogens (tertiary/aromatic N) is 4. The number of aryl methyl sites for hydroxylation is 1. The Morgan fingerprint density at radius 3 is 2.76 bits per heavy atom. The molecule has 0 spiro atoms. The standard InChI is InChI=1S/C13H18N4O2S2/c1-15-7-8-17(21(18,19)12-4-3-9-20-12)10-11(15)13-14-5-6-16(13)2/h3-6,9,11H,7-8,10H2,1-2H3/t11-/m1/s1. The summed E-state index contributed by atoms with van der Waals surface area (Å²) in [7, 11) is 0.551. The normalized spacial score (nSPS) is 21.7. The molecule has 1 fully saturated rings. The van der Waals surface area contributed by atoms with Crippen LogP contribution in [-0.2, 0) is 17.1 Å². The minimum Gasteiger partial charge on any atom is -0.337 e. The molecule has 0 aromatic carbocycles. The molecule has 0 bridgehead atoms. The molecule has 0 aliphatic carbocycles. The van der Waals surface area contributed by atoms with Gasteiger partial charge >= 0.3 is 0 Å². The predicted molar refractivity (Wildman–Crippen MR) is 81.7 cm³/mol. The Bertz CT molecular complexity index is 708. The quantitative estimate of drug-likeness (QED) is 0.849. The summed E-state index contributed by atoms with van der Waals surface area (Å²) in [6.45, 7) is 1.64. The van der Waals surface area contributed by atoms with Gasteiger partial charge in [-0.05, 0) is 18.5 Å². The molecule has 1 saturated heterocycles. The number of imidazole rings is 1. The fourth-order valence-corrected chi connectivity index (χ4v) is 5.16. The third-order valence-corrected chi connectivity index (χ3v) is 7.09. The van der Waals surface area contributed by atoms with Crippen molar-refractivity contribution in [3.8, 4) is 0 Å². The lowest BCUT2D eigenvalue weighted by Gasteiger charge is -2.37. The van der Waals surface area contributed by atoms with Gasteiger partial charge in [-0.15, -0.1) is 11.3 Å². The van der Waals surface area contributed by atoms with E-state index in [9.17, 15) is 8.42 Å². The number of rotatable bonds is 3. The lowest BCUT2D eigenvalue weighted by molar-refractivity contribution is 0.140. The summed E-state index contributed by atoms with van der Waals surface area (Å²) in [6.07, 6.45) is 3.63. The first-order valence-electron chi connectivity index (χ1n) is 6.71. The molecular weight excluding hydrogens is 308 g/mol. The van der Waals surface area contributed by atoms with Crippen molar-refractivity contribution in [1.29, 1.82) is 0 Å². The van der Waals surface area contributed by atoms with E-state index in [1.54, 1.807) is 28.0 Å². The van der Waals surface area contributed by atoms with Crippen molar-refractivity contribution < 1.29 is 8.42 Å². The monoisotopic (exact) mass is 326 g/mol. The second kappa shape index (κ2) is 5.53. The van der Waals surface area contributed by atoms with Gasteiger partial charge in [-0.1, -0.05) is 6.07 Å². The zero-order valence-electron chi connectivity index (χ0n) is 12.0. The topological polar surface area (TPSA) is 58.4 Å². The fourth-order valence-electron chi connectivity index (χ4n) is 2.58. The van der Waals surface area contributed by atoms with Crippen LogP contribution in [0.1, 0.15) is 11.9 Å². The van der Waals surface area contributed by atoms with E-state index in [0.717, 1.165) is 5.82 Å². The van der Waals surface area contributed by atoms with E-state index >= 15 is 0 Å². The Hall–Kier alpha value is -1.22. The second-order valence-electron chi connectivity index (χ2n) is 5.19. The Morgan fingerprint density at radius 2 is 2.14 bits per heavy atom. The van der Waals surface area contributed by atoms with Gasteiger partial charge in [0.2, 0.25) is 0 Å². The van der Waals surface area contributed by atoms with Crippen molar-refractivity contribution in [2.75, 3.05) is 26.7 Å². The number of aromatic nitrogens is 2. The second-order valence-corrected chi connectivity index (χ2v) is 8.30. The summed E-state index contributed by atoms with van der Waals surface area (Å²) in [5, 5.41) is 1.79. The molecule has 3 heterocycles. The number of likely N-dealkylation sites (N-methyl/N-ethyl adjacent to an activating group) is 1. The zero-order valence-corrected chi connectivity index (χ0v) is 13.6. The SMILES string of the molecule is CN1CCN(S(=O)(=O)c2cccs2)C[C@@H]1c1nccn1C. The number of sulfonamides is 1. The molecule has 0 radical (unpaired) electrons. The number of hydrogen-bond acceptors (Lipinski definition) is 5. The maximum Gasteiger partial charge on any atom is 0.252 e. The van der Waals surface area contributed by atoms with Crippen LogP contribution in [0, 0.1) is 0 Å². The van der Waals surface area contributed by atoms with Crippen LogP contribution in [0.4, 0.5) is 0 Å². The van der Waals surface area contributed by atoms with Crippen molar-refractivity contribution in [1.82, 2.24) is 18.8 Å². The first-order chi connectivity index (χ1) is 10.00. The Labute approximate surface area is 128 Å². The first kappa shape index (κ1) is 14.7. The minimum atomic E-state index is -3.39. The molecular formula is C13H18N4O2S2. The Morgan fingerprint density at radius 1 is 1.33 bits per heavy atom. The van der Waals surface area contributed by atoms with Crippen LogP contribution in [0.15, 0.2) is 34.1 Å². The van der Waals surface area contributed by atoms with Crippen molar-refractivity contribution in [3.05, 3.63) is 35.7 Å². The van der Waals surface area contributed by atoms with Crippen molar-refractivity contribution in [2.24, 2.45) is 7.05 Å². The van der Waals surface area contributed by atoms with Gasteiger partial charge in [-0.25, -0.2) is 13.4 Å². The molecule has 2 aromatic heterocycles. The van der Waals surface area contributed by atoms with E-state index in [1.807, 2.05) is 24.9 Å². The largest absolute Gasteiger partial charge is 0.337 e. The molecule has 1 atom stereocenters. The van der Waals surface area contributed by atoms with Gasteiger partial charge in [0.1, 0.15) is 10.0 Å². The molecule has 2 aromatic rings. The lowest BCUT2D eigenvalue weighted by Crippen LogP contribution is -2.49.